The molecule has 0 radical (unpaired) electrons. The molecule has 1 aliphatic rings. The van der Waals surface area contributed by atoms with Gasteiger partial charge in [0.25, 0.3) is 11.8 Å². The molecule has 0 saturated carbocycles. The van der Waals surface area contributed by atoms with Crippen molar-refractivity contribution in [2.45, 2.75) is 25.7 Å². The lowest BCUT2D eigenvalue weighted by Gasteiger charge is -2.31. The molecule has 4 rings (SSSR count). The summed E-state index contributed by atoms with van der Waals surface area (Å²) >= 11 is 0. The molecular formula is C23H22FN5O2. The average molecular weight is 419 g/mol. The van der Waals surface area contributed by atoms with Crippen LogP contribution in [-0.4, -0.2) is 44.8 Å². The van der Waals surface area contributed by atoms with Gasteiger partial charge in [0.05, 0.1) is 11.3 Å². The third-order valence-electron chi connectivity index (χ3n) is 5.42. The first-order valence-corrected chi connectivity index (χ1v) is 10.1. The molecule has 0 aliphatic carbocycles. The number of rotatable bonds is 4. The Morgan fingerprint density at radius 3 is 2.39 bits per heavy atom. The Hall–Kier alpha value is -3.68. The number of amides is 2. The van der Waals surface area contributed by atoms with Gasteiger partial charge in [0.1, 0.15) is 11.6 Å². The van der Waals surface area contributed by atoms with E-state index >= 15 is 0 Å². The zero-order valence-corrected chi connectivity index (χ0v) is 17.1. The molecular weight excluding hydrogens is 397 g/mol. The Bertz CT molecular complexity index is 1080. The number of aromatic nitrogens is 3. The molecule has 1 N–H and O–H groups in total. The van der Waals surface area contributed by atoms with Gasteiger partial charge in [0.15, 0.2) is 0 Å². The first-order chi connectivity index (χ1) is 15.0. The predicted octanol–water partition coefficient (Wildman–Crippen LogP) is 3.59. The SMILES string of the molecule is Cc1nc(C2CCN(C(=O)c3ccncc3)CC2)ncc1C(=O)Nc1ccc(F)cc1. The Balaban J connectivity index is 1.39. The van der Waals surface area contributed by atoms with Crippen molar-refractivity contribution in [2.24, 2.45) is 0 Å². The summed E-state index contributed by atoms with van der Waals surface area (Å²) in [7, 11) is 0. The Morgan fingerprint density at radius 2 is 1.74 bits per heavy atom. The summed E-state index contributed by atoms with van der Waals surface area (Å²) in [5, 5.41) is 2.72. The Morgan fingerprint density at radius 1 is 1.06 bits per heavy atom. The second-order valence-corrected chi connectivity index (χ2v) is 7.49. The molecule has 3 heterocycles. The molecule has 1 saturated heterocycles. The lowest BCUT2D eigenvalue weighted by molar-refractivity contribution is 0.0710. The molecule has 1 aliphatic heterocycles. The summed E-state index contributed by atoms with van der Waals surface area (Å²) in [5.74, 6) is 0.121. The van der Waals surface area contributed by atoms with Crippen molar-refractivity contribution in [1.29, 1.82) is 0 Å². The molecule has 2 amide bonds. The average Bonchev–Trinajstić information content (AvgIpc) is 2.80. The number of nitrogens with one attached hydrogen (secondary N) is 1. The van der Waals surface area contributed by atoms with Crippen LogP contribution in [0.2, 0.25) is 0 Å². The van der Waals surface area contributed by atoms with Gasteiger partial charge < -0.3 is 10.2 Å². The number of anilines is 1. The molecule has 7 nitrogen and oxygen atoms in total. The molecule has 3 aromatic rings. The number of benzene rings is 1. The van der Waals surface area contributed by atoms with Crippen LogP contribution in [0.25, 0.3) is 0 Å². The highest BCUT2D eigenvalue weighted by molar-refractivity contribution is 6.04. The van der Waals surface area contributed by atoms with Crippen LogP contribution in [0.5, 0.6) is 0 Å². The van der Waals surface area contributed by atoms with Gasteiger partial charge in [0, 0.05) is 48.8 Å². The van der Waals surface area contributed by atoms with Gasteiger partial charge in [-0.05, 0) is 56.2 Å². The van der Waals surface area contributed by atoms with Gasteiger partial charge in [0.2, 0.25) is 0 Å². The summed E-state index contributed by atoms with van der Waals surface area (Å²) in [4.78, 5) is 39.9. The van der Waals surface area contributed by atoms with Crippen LogP contribution in [0, 0.1) is 12.7 Å². The minimum absolute atomic E-state index is 0.00533. The fourth-order valence-electron chi connectivity index (χ4n) is 3.65. The molecule has 2 aromatic heterocycles. The van der Waals surface area contributed by atoms with Crippen LogP contribution >= 0.6 is 0 Å². The Labute approximate surface area is 179 Å². The van der Waals surface area contributed by atoms with Gasteiger partial charge in [-0.1, -0.05) is 0 Å². The van der Waals surface area contributed by atoms with Crippen LogP contribution in [0.1, 0.15) is 51.0 Å². The predicted molar refractivity (Wildman–Crippen MR) is 113 cm³/mol. The van der Waals surface area contributed by atoms with Crippen LogP contribution in [0.3, 0.4) is 0 Å². The third kappa shape index (κ3) is 4.74. The number of carbonyl (C=O) groups is 2. The zero-order valence-electron chi connectivity index (χ0n) is 17.1. The first kappa shape index (κ1) is 20.6. The Kier molecular flexibility index (Phi) is 5.97. The number of hydrogen-bond acceptors (Lipinski definition) is 5. The fraction of sp³-hybridized carbons (Fsp3) is 0.261. The minimum Gasteiger partial charge on any atom is -0.339 e. The summed E-state index contributed by atoms with van der Waals surface area (Å²) in [6.07, 6.45) is 6.29. The smallest absolute Gasteiger partial charge is 0.259 e. The highest BCUT2D eigenvalue weighted by Crippen LogP contribution is 2.27. The molecule has 0 bridgehead atoms. The number of likely N-dealkylation sites (tertiary alicyclic amines) is 1. The van der Waals surface area contributed by atoms with Gasteiger partial charge in [-0.15, -0.1) is 0 Å². The maximum atomic E-state index is 13.0. The van der Waals surface area contributed by atoms with Gasteiger partial charge in [-0.2, -0.15) is 0 Å². The van der Waals surface area contributed by atoms with Gasteiger partial charge in [-0.3, -0.25) is 14.6 Å². The van der Waals surface area contributed by atoms with E-state index in [0.29, 0.717) is 41.4 Å². The number of carbonyl (C=O) groups excluding carboxylic acids is 2. The molecule has 31 heavy (non-hydrogen) atoms. The second kappa shape index (κ2) is 8.99. The number of hydrogen-bond donors (Lipinski definition) is 1. The van der Waals surface area contributed by atoms with E-state index in [-0.39, 0.29) is 23.5 Å². The van der Waals surface area contributed by atoms with E-state index in [2.05, 4.69) is 20.3 Å². The van der Waals surface area contributed by atoms with Gasteiger partial charge in [-0.25, -0.2) is 14.4 Å². The summed E-state index contributed by atoms with van der Waals surface area (Å²) in [6.45, 7) is 3.02. The van der Waals surface area contributed by atoms with E-state index in [1.807, 2.05) is 4.90 Å². The number of aryl methyl sites for hydroxylation is 1. The van der Waals surface area contributed by atoms with Crippen LogP contribution < -0.4 is 5.32 Å². The zero-order chi connectivity index (χ0) is 21.8. The lowest BCUT2D eigenvalue weighted by atomic mass is 9.95. The monoisotopic (exact) mass is 419 g/mol. The van der Waals surface area contributed by atoms with Crippen molar-refractivity contribution in [3.05, 3.63) is 83.5 Å². The molecule has 1 aromatic carbocycles. The van der Waals surface area contributed by atoms with Crippen molar-refractivity contribution < 1.29 is 14.0 Å². The fourth-order valence-corrected chi connectivity index (χ4v) is 3.65. The van der Waals surface area contributed by atoms with Crippen LogP contribution in [0.15, 0.2) is 55.0 Å². The van der Waals surface area contributed by atoms with E-state index in [1.54, 1.807) is 31.5 Å². The standard InChI is InChI=1S/C23H22FN5O2/c1-15-20(22(30)28-19-4-2-18(24)3-5-19)14-26-21(27-15)16-8-12-29(13-9-16)23(31)17-6-10-25-11-7-17/h2-7,10-11,14,16H,8-9,12-13H2,1H3,(H,28,30). The van der Waals surface area contributed by atoms with Crippen molar-refractivity contribution in [3.63, 3.8) is 0 Å². The van der Waals surface area contributed by atoms with E-state index in [9.17, 15) is 14.0 Å². The van der Waals surface area contributed by atoms with Crippen molar-refractivity contribution in [2.75, 3.05) is 18.4 Å². The number of pyridine rings is 1. The first-order valence-electron chi connectivity index (χ1n) is 10.1. The van der Waals surface area contributed by atoms with Crippen LogP contribution in [0.4, 0.5) is 10.1 Å². The minimum atomic E-state index is -0.365. The second-order valence-electron chi connectivity index (χ2n) is 7.49. The number of nitrogens with zero attached hydrogens (tertiary/aromatic N) is 4. The molecule has 0 unspecified atom stereocenters. The van der Waals surface area contributed by atoms with Crippen molar-refractivity contribution in [1.82, 2.24) is 19.9 Å². The van der Waals surface area contributed by atoms with E-state index < -0.39 is 0 Å². The molecule has 8 heteroatoms. The molecule has 0 atom stereocenters. The number of piperidine rings is 1. The molecule has 158 valence electrons. The van der Waals surface area contributed by atoms with E-state index in [4.69, 9.17) is 0 Å². The maximum absolute atomic E-state index is 13.0. The van der Waals surface area contributed by atoms with Crippen molar-refractivity contribution in [3.8, 4) is 0 Å². The highest BCUT2D eigenvalue weighted by Gasteiger charge is 2.26. The quantitative estimate of drug-likeness (QED) is 0.698. The van der Waals surface area contributed by atoms with E-state index in [1.165, 1.54) is 30.5 Å². The largest absolute Gasteiger partial charge is 0.339 e. The third-order valence-corrected chi connectivity index (χ3v) is 5.42. The maximum Gasteiger partial charge on any atom is 0.259 e. The summed E-state index contributed by atoms with van der Waals surface area (Å²) in [6, 6.07) is 9.01. The topological polar surface area (TPSA) is 88.1 Å². The van der Waals surface area contributed by atoms with Crippen LogP contribution in [-0.2, 0) is 0 Å². The summed E-state index contributed by atoms with van der Waals surface area (Å²) in [5.41, 5.74) is 2.09. The van der Waals surface area contributed by atoms with E-state index in [0.717, 1.165) is 12.8 Å². The lowest BCUT2D eigenvalue weighted by Crippen LogP contribution is -2.38. The highest BCUT2D eigenvalue weighted by atomic mass is 19.1. The molecule has 0 spiro atoms. The van der Waals surface area contributed by atoms with Crippen molar-refractivity contribution >= 4 is 17.5 Å². The summed E-state index contributed by atoms with van der Waals surface area (Å²) < 4.78 is 13.0. The van der Waals surface area contributed by atoms with Gasteiger partial charge >= 0.3 is 0 Å². The normalized spacial score (nSPS) is 14.3. The molecule has 1 fully saturated rings. The number of halogens is 1.